The molecule has 0 bridgehead atoms. The molecule has 0 saturated carbocycles. The molecule has 0 aromatic carbocycles. The van der Waals surface area contributed by atoms with Crippen molar-refractivity contribution < 1.29 is 0 Å². The summed E-state index contributed by atoms with van der Waals surface area (Å²) in [6.07, 6.45) is 2.97. The molecule has 1 heterocycles. The second kappa shape index (κ2) is 1.37. The quantitative estimate of drug-likeness (QED) is 0.454. The second-order valence-corrected chi connectivity index (χ2v) is 1.25. The van der Waals surface area contributed by atoms with E-state index in [0.29, 0.717) is 5.69 Å². The van der Waals surface area contributed by atoms with E-state index in [9.17, 15) is 0 Å². The van der Waals surface area contributed by atoms with E-state index in [-0.39, 0.29) is 0 Å². The van der Waals surface area contributed by atoms with Crippen LogP contribution < -0.4 is 0 Å². The molecule has 1 aromatic rings. The van der Waals surface area contributed by atoms with Crippen LogP contribution in [0.1, 0.15) is 5.69 Å². The first-order valence-electron chi connectivity index (χ1n) is 1.83. The van der Waals surface area contributed by atoms with Crippen LogP contribution in [0.5, 0.6) is 0 Å². The lowest BCUT2D eigenvalue weighted by Gasteiger charge is -1.76. The van der Waals surface area contributed by atoms with Gasteiger partial charge in [0.25, 0.3) is 0 Å². The third-order valence-electron chi connectivity index (χ3n) is 0.621. The summed E-state index contributed by atoms with van der Waals surface area (Å²) in [6.45, 7) is 5.17. The normalized spacial score (nSPS) is 9.43. The number of aromatic nitrogens is 2. The third-order valence-corrected chi connectivity index (χ3v) is 0.621. The average Bonchev–Trinajstić information content (AvgIpc) is 1.87. The average molecular weight is 92.1 g/mol. The van der Waals surface area contributed by atoms with Gasteiger partial charge in [0.15, 0.2) is 0 Å². The Morgan fingerprint density at radius 1 is 1.71 bits per heavy atom. The van der Waals surface area contributed by atoms with Crippen LogP contribution in [0.4, 0.5) is 0 Å². The van der Waals surface area contributed by atoms with Crippen LogP contribution >= 0.6 is 0 Å². The Hall–Kier alpha value is -0.790. The van der Waals surface area contributed by atoms with E-state index in [1.165, 1.54) is 17.1 Å². The van der Waals surface area contributed by atoms with Crippen LogP contribution in [0.15, 0.2) is 12.5 Å². The maximum Gasteiger partial charge on any atom is 0.0953 e. The number of hydrogen-bond acceptors (Lipinski definition) is 1. The summed E-state index contributed by atoms with van der Waals surface area (Å²) in [4.78, 5) is 3.63. The first-order valence-corrected chi connectivity index (χ1v) is 1.83. The van der Waals surface area contributed by atoms with Crippen molar-refractivity contribution in [1.82, 2.24) is 9.55 Å². The van der Waals surface area contributed by atoms with Gasteiger partial charge in [0.2, 0.25) is 0 Å². The predicted molar refractivity (Wildman–Crippen MR) is 25.3 cm³/mol. The molecule has 0 fully saturated rings. The van der Waals surface area contributed by atoms with Crippen LogP contribution in [0.2, 0.25) is 0 Å². The van der Waals surface area contributed by atoms with E-state index in [1.807, 2.05) is 0 Å². The fraction of sp³-hybridized carbons (Fsp3) is 0. The molecule has 0 aliphatic heterocycles. The molecule has 0 unspecified atom stereocenters. The summed E-state index contributed by atoms with van der Waals surface area (Å²) in [5.41, 5.74) is 0.447. The number of imidazole rings is 1. The molecule has 0 saturated heterocycles. The van der Waals surface area contributed by atoms with Crippen molar-refractivity contribution in [3.05, 3.63) is 32.2 Å². The maximum absolute atomic E-state index is 5.17. The fourth-order valence-electron chi connectivity index (χ4n) is 0.353. The Balaban J connectivity index is 3.04. The van der Waals surface area contributed by atoms with Gasteiger partial charge in [-0.2, -0.15) is 0 Å². The summed E-state index contributed by atoms with van der Waals surface area (Å²) in [5.74, 6) is 0. The van der Waals surface area contributed by atoms with Gasteiger partial charge in [0.1, 0.15) is 0 Å². The van der Waals surface area contributed by atoms with Crippen LogP contribution in [0.25, 0.3) is 0 Å². The van der Waals surface area contributed by atoms with Gasteiger partial charge >= 0.3 is 0 Å². The number of hydrogen-bond donors (Lipinski definition) is 0. The van der Waals surface area contributed by atoms with Gasteiger partial charge in [-0.05, 0) is 0 Å². The monoisotopic (exact) mass is 92.0 g/mol. The maximum atomic E-state index is 5.17. The largest absolute Gasteiger partial charge is 0.330 e. The number of rotatable bonds is 0. The van der Waals surface area contributed by atoms with Gasteiger partial charge in [-0.3, -0.25) is 0 Å². The van der Waals surface area contributed by atoms with E-state index >= 15 is 0 Å². The SMILES string of the molecule is [CH]c1cn([CH])cn1. The lowest BCUT2D eigenvalue weighted by molar-refractivity contribution is 1.06. The standard InChI is InChI=1S/C5H4N2/c1-5-3-7(2)4-6-5/h1-4H. The van der Waals surface area contributed by atoms with Gasteiger partial charge < -0.3 is 4.57 Å². The lowest BCUT2D eigenvalue weighted by atomic mass is 10.6. The molecule has 0 spiro atoms. The molecule has 0 amide bonds. The first-order chi connectivity index (χ1) is 3.29. The van der Waals surface area contributed by atoms with Crippen LogP contribution in [-0.4, -0.2) is 9.55 Å². The zero-order valence-electron chi connectivity index (χ0n) is 3.70. The van der Waals surface area contributed by atoms with Crippen molar-refractivity contribution in [2.75, 3.05) is 0 Å². The van der Waals surface area contributed by atoms with Gasteiger partial charge in [-0.15, -0.1) is 0 Å². The summed E-state index contributed by atoms with van der Waals surface area (Å²) >= 11 is 0. The zero-order valence-corrected chi connectivity index (χ0v) is 3.70. The fourth-order valence-corrected chi connectivity index (χ4v) is 0.353. The predicted octanol–water partition coefficient (Wildman–Crippen LogP) is 0.459. The van der Waals surface area contributed by atoms with Crippen molar-refractivity contribution in [3.63, 3.8) is 0 Å². The van der Waals surface area contributed by atoms with Gasteiger partial charge in [-0.1, -0.05) is 0 Å². The highest BCUT2D eigenvalue weighted by Gasteiger charge is 1.82. The molecule has 1 aromatic heterocycles. The van der Waals surface area contributed by atoms with Gasteiger partial charge in [0.05, 0.1) is 19.1 Å². The third kappa shape index (κ3) is 0.796. The molecule has 1 rings (SSSR count). The highest BCUT2D eigenvalue weighted by molar-refractivity contribution is 4.99. The van der Waals surface area contributed by atoms with Crippen molar-refractivity contribution in [2.24, 2.45) is 0 Å². The number of nitrogens with zero attached hydrogens (tertiary/aromatic N) is 2. The van der Waals surface area contributed by atoms with Crippen LogP contribution in [0, 0.1) is 14.0 Å². The highest BCUT2D eigenvalue weighted by atomic mass is 15.0. The van der Waals surface area contributed by atoms with Crippen molar-refractivity contribution >= 4 is 0 Å². The molecular formula is C5H4N2. The molecular weight excluding hydrogens is 88.1 g/mol. The van der Waals surface area contributed by atoms with Crippen LogP contribution in [-0.2, 0) is 0 Å². The van der Waals surface area contributed by atoms with Crippen LogP contribution in [0.3, 0.4) is 0 Å². The Kier molecular flexibility index (Phi) is 0.855. The Labute approximate surface area is 42.8 Å². The summed E-state index contributed by atoms with van der Waals surface area (Å²) in [7, 11) is 5.15. The molecule has 2 heteroatoms. The Bertz CT molecular complexity index is 138. The molecule has 2 nitrogen and oxygen atoms in total. The van der Waals surface area contributed by atoms with Gasteiger partial charge in [-0.25, -0.2) is 4.98 Å². The van der Waals surface area contributed by atoms with Gasteiger partial charge in [0, 0.05) is 13.1 Å². The Morgan fingerprint density at radius 2 is 2.43 bits per heavy atom. The zero-order chi connectivity index (χ0) is 5.28. The molecule has 4 radical (unpaired) electrons. The summed E-state index contributed by atoms with van der Waals surface area (Å²) in [6, 6.07) is 0. The lowest BCUT2D eigenvalue weighted by Crippen LogP contribution is -1.72. The summed E-state index contributed by atoms with van der Waals surface area (Å²) < 4.78 is 1.30. The molecule has 0 aliphatic carbocycles. The van der Waals surface area contributed by atoms with E-state index < -0.39 is 0 Å². The van der Waals surface area contributed by atoms with E-state index in [0.717, 1.165) is 0 Å². The molecule has 0 aliphatic rings. The Morgan fingerprint density at radius 3 is 2.57 bits per heavy atom. The minimum atomic E-state index is 0.447. The van der Waals surface area contributed by atoms with E-state index in [2.05, 4.69) is 4.98 Å². The van der Waals surface area contributed by atoms with E-state index in [1.54, 1.807) is 0 Å². The van der Waals surface area contributed by atoms with Crippen molar-refractivity contribution in [1.29, 1.82) is 0 Å². The highest BCUT2D eigenvalue weighted by Crippen LogP contribution is 1.87. The van der Waals surface area contributed by atoms with Crippen molar-refractivity contribution in [3.8, 4) is 0 Å². The first kappa shape index (κ1) is 4.37. The molecule has 34 valence electrons. The molecule has 0 atom stereocenters. The second-order valence-electron chi connectivity index (χ2n) is 1.25. The molecule has 0 N–H and O–H groups in total. The smallest absolute Gasteiger partial charge is 0.0953 e. The van der Waals surface area contributed by atoms with Crippen molar-refractivity contribution in [2.45, 2.75) is 0 Å². The van der Waals surface area contributed by atoms with E-state index in [4.69, 9.17) is 14.0 Å². The topological polar surface area (TPSA) is 17.8 Å². The molecule has 7 heavy (non-hydrogen) atoms. The summed E-state index contributed by atoms with van der Waals surface area (Å²) in [5, 5.41) is 0. The minimum Gasteiger partial charge on any atom is -0.330 e. The minimum absolute atomic E-state index is 0.447.